The van der Waals surface area contributed by atoms with Crippen molar-refractivity contribution in [1.82, 2.24) is 9.88 Å². The monoisotopic (exact) mass is 514 g/mol. The summed E-state index contributed by atoms with van der Waals surface area (Å²) < 4.78 is 2.02. The van der Waals surface area contributed by atoms with Crippen molar-refractivity contribution in [1.29, 1.82) is 0 Å². The van der Waals surface area contributed by atoms with Crippen molar-refractivity contribution in [2.75, 3.05) is 42.5 Å². The van der Waals surface area contributed by atoms with Crippen molar-refractivity contribution >= 4 is 60.1 Å². The highest BCUT2D eigenvalue weighted by molar-refractivity contribution is 9.10. The van der Waals surface area contributed by atoms with E-state index < -0.39 is 0 Å². The van der Waals surface area contributed by atoms with Gasteiger partial charge in [-0.3, -0.25) is 14.5 Å². The highest BCUT2D eigenvalue weighted by atomic mass is 79.9. The summed E-state index contributed by atoms with van der Waals surface area (Å²) in [5, 5.41) is 0.695. The molecule has 1 aromatic heterocycles. The summed E-state index contributed by atoms with van der Waals surface area (Å²) in [6, 6.07) is 15.5. The van der Waals surface area contributed by atoms with Crippen LogP contribution in [0.25, 0.3) is 10.2 Å². The van der Waals surface area contributed by atoms with Crippen LogP contribution < -0.4 is 9.80 Å². The molecule has 1 aliphatic rings. The molecule has 1 unspecified atom stereocenters. The summed E-state index contributed by atoms with van der Waals surface area (Å²) in [6.07, 6.45) is 0.228. The average molecular weight is 515 g/mol. The highest BCUT2D eigenvalue weighted by Crippen LogP contribution is 2.33. The number of carbonyl (C=O) groups excluding carboxylic acids is 2. The minimum Gasteiger partial charge on any atom is -0.312 e. The van der Waals surface area contributed by atoms with E-state index in [9.17, 15) is 9.59 Å². The van der Waals surface area contributed by atoms with E-state index in [0.29, 0.717) is 18.2 Å². The van der Waals surface area contributed by atoms with E-state index in [1.165, 1.54) is 11.3 Å². The summed E-state index contributed by atoms with van der Waals surface area (Å²) in [5.41, 5.74) is 1.72. The maximum absolute atomic E-state index is 13.7. The number of halogens is 1. The molecule has 1 fully saturated rings. The van der Waals surface area contributed by atoms with Crippen molar-refractivity contribution in [3.05, 3.63) is 53.0 Å². The first-order valence-electron chi connectivity index (χ1n) is 10.9. The first kappa shape index (κ1) is 22.9. The summed E-state index contributed by atoms with van der Waals surface area (Å²) >= 11 is 5.03. The van der Waals surface area contributed by atoms with Crippen LogP contribution in [0, 0.1) is 5.92 Å². The van der Waals surface area contributed by atoms with Gasteiger partial charge in [0.1, 0.15) is 0 Å². The zero-order valence-corrected chi connectivity index (χ0v) is 20.7. The number of hydrogen-bond acceptors (Lipinski definition) is 5. The summed E-state index contributed by atoms with van der Waals surface area (Å²) in [5.74, 6) is -0.410. The SMILES string of the molecule is CCN(CC)CCN(C(=O)C1CC(=O)N(c2ccccc2)C1)c1nc2ccc(Br)cc2s1. The molecule has 1 atom stereocenters. The molecule has 2 heterocycles. The fourth-order valence-electron chi connectivity index (χ4n) is 4.03. The van der Waals surface area contributed by atoms with Crippen LogP contribution >= 0.6 is 27.3 Å². The van der Waals surface area contributed by atoms with Gasteiger partial charge >= 0.3 is 0 Å². The third-order valence-corrected chi connectivity index (χ3v) is 7.45. The Bertz CT molecular complexity index is 1100. The Morgan fingerprint density at radius 2 is 1.91 bits per heavy atom. The Morgan fingerprint density at radius 1 is 1.16 bits per heavy atom. The first-order chi connectivity index (χ1) is 15.5. The molecule has 1 saturated heterocycles. The van der Waals surface area contributed by atoms with E-state index in [0.717, 1.165) is 40.0 Å². The van der Waals surface area contributed by atoms with Gasteiger partial charge in [-0.2, -0.15) is 0 Å². The largest absolute Gasteiger partial charge is 0.312 e. The third-order valence-electron chi connectivity index (χ3n) is 5.91. The number of thiazole rings is 1. The first-order valence-corrected chi connectivity index (χ1v) is 12.6. The second-order valence-corrected chi connectivity index (χ2v) is 9.79. The number of likely N-dealkylation sites (N-methyl/N-ethyl adjacent to an activating group) is 1. The molecule has 168 valence electrons. The van der Waals surface area contributed by atoms with E-state index in [2.05, 4.69) is 34.7 Å². The van der Waals surface area contributed by atoms with E-state index >= 15 is 0 Å². The number of para-hydroxylation sites is 1. The molecule has 6 nitrogen and oxygen atoms in total. The normalized spacial score (nSPS) is 16.3. The number of hydrogen-bond donors (Lipinski definition) is 0. The second-order valence-electron chi connectivity index (χ2n) is 7.87. The fraction of sp³-hybridized carbons (Fsp3) is 0.375. The Morgan fingerprint density at radius 3 is 2.62 bits per heavy atom. The molecule has 1 aliphatic heterocycles. The van der Waals surface area contributed by atoms with Gasteiger partial charge in [-0.05, 0) is 43.4 Å². The van der Waals surface area contributed by atoms with E-state index in [4.69, 9.17) is 4.98 Å². The quantitative estimate of drug-likeness (QED) is 0.433. The Kier molecular flexibility index (Phi) is 7.23. The number of fused-ring (bicyclic) bond motifs is 1. The van der Waals surface area contributed by atoms with Crippen LogP contribution in [0.3, 0.4) is 0 Å². The topological polar surface area (TPSA) is 56.8 Å². The maximum atomic E-state index is 13.7. The Balaban J connectivity index is 1.60. The van der Waals surface area contributed by atoms with Gasteiger partial charge in [0.25, 0.3) is 0 Å². The molecule has 0 aliphatic carbocycles. The van der Waals surface area contributed by atoms with E-state index in [1.54, 1.807) is 9.80 Å². The van der Waals surface area contributed by atoms with Crippen LogP contribution in [0.15, 0.2) is 53.0 Å². The summed E-state index contributed by atoms with van der Waals surface area (Å²) in [6.45, 7) is 7.82. The molecule has 0 bridgehead atoms. The molecule has 0 spiro atoms. The molecule has 0 saturated carbocycles. The molecular formula is C24H27BrN4O2S. The van der Waals surface area contributed by atoms with Gasteiger partial charge in [0, 0.05) is 36.2 Å². The predicted octanol–water partition coefficient (Wildman–Crippen LogP) is 4.79. The van der Waals surface area contributed by atoms with Gasteiger partial charge in [0.15, 0.2) is 5.13 Å². The lowest BCUT2D eigenvalue weighted by Gasteiger charge is -2.26. The van der Waals surface area contributed by atoms with E-state index in [-0.39, 0.29) is 24.2 Å². The predicted molar refractivity (Wildman–Crippen MR) is 134 cm³/mol. The average Bonchev–Trinajstić information content (AvgIpc) is 3.40. The summed E-state index contributed by atoms with van der Waals surface area (Å²) in [7, 11) is 0. The molecule has 2 aromatic carbocycles. The Hall–Kier alpha value is -2.29. The van der Waals surface area contributed by atoms with Crippen LogP contribution in [0.1, 0.15) is 20.3 Å². The Labute approximate surface area is 201 Å². The van der Waals surface area contributed by atoms with Gasteiger partial charge in [0.05, 0.1) is 16.1 Å². The lowest BCUT2D eigenvalue weighted by molar-refractivity contribution is -0.124. The van der Waals surface area contributed by atoms with Gasteiger partial charge < -0.3 is 9.80 Å². The number of carbonyl (C=O) groups is 2. The molecule has 0 N–H and O–H groups in total. The van der Waals surface area contributed by atoms with Crippen molar-refractivity contribution in [2.24, 2.45) is 5.92 Å². The number of benzene rings is 2. The fourth-order valence-corrected chi connectivity index (χ4v) is 5.58. The molecule has 4 rings (SSSR count). The minimum absolute atomic E-state index is 0.00790. The zero-order chi connectivity index (χ0) is 22.7. The number of anilines is 2. The van der Waals surface area contributed by atoms with Crippen molar-refractivity contribution < 1.29 is 9.59 Å². The molecule has 2 amide bonds. The maximum Gasteiger partial charge on any atom is 0.234 e. The van der Waals surface area contributed by atoms with Gasteiger partial charge in [-0.15, -0.1) is 0 Å². The van der Waals surface area contributed by atoms with Crippen LogP contribution in [-0.4, -0.2) is 54.4 Å². The number of aromatic nitrogens is 1. The lowest BCUT2D eigenvalue weighted by Crippen LogP contribution is -2.42. The molecule has 0 radical (unpaired) electrons. The molecule has 3 aromatic rings. The van der Waals surface area contributed by atoms with Gasteiger partial charge in [-0.25, -0.2) is 4.98 Å². The van der Waals surface area contributed by atoms with Crippen LogP contribution in [0.5, 0.6) is 0 Å². The number of amides is 2. The third kappa shape index (κ3) is 4.87. The van der Waals surface area contributed by atoms with Crippen molar-refractivity contribution in [2.45, 2.75) is 20.3 Å². The zero-order valence-electron chi connectivity index (χ0n) is 18.3. The smallest absolute Gasteiger partial charge is 0.234 e. The highest BCUT2D eigenvalue weighted by Gasteiger charge is 2.38. The second kappa shape index (κ2) is 10.1. The molecule has 32 heavy (non-hydrogen) atoms. The van der Waals surface area contributed by atoms with Crippen LogP contribution in [0.2, 0.25) is 0 Å². The van der Waals surface area contributed by atoms with Crippen LogP contribution in [-0.2, 0) is 9.59 Å². The van der Waals surface area contributed by atoms with Crippen molar-refractivity contribution in [3.63, 3.8) is 0 Å². The lowest BCUT2D eigenvalue weighted by atomic mass is 10.1. The standard InChI is InChI=1S/C24H27BrN4O2S/c1-3-27(4-2)12-13-28(24-26-20-11-10-18(25)15-21(20)32-24)23(31)17-14-22(30)29(16-17)19-8-6-5-7-9-19/h5-11,15,17H,3-4,12-14,16H2,1-2H3. The number of nitrogens with zero attached hydrogens (tertiary/aromatic N) is 4. The molecule has 8 heteroatoms. The van der Waals surface area contributed by atoms with Crippen LogP contribution in [0.4, 0.5) is 10.8 Å². The summed E-state index contributed by atoms with van der Waals surface area (Å²) in [4.78, 5) is 37.0. The number of rotatable bonds is 8. The minimum atomic E-state index is -0.377. The molecular weight excluding hydrogens is 488 g/mol. The van der Waals surface area contributed by atoms with Gasteiger partial charge in [0.2, 0.25) is 11.8 Å². The van der Waals surface area contributed by atoms with Crippen molar-refractivity contribution in [3.8, 4) is 0 Å². The van der Waals surface area contributed by atoms with E-state index in [1.807, 2.05) is 48.5 Å². The van der Waals surface area contributed by atoms with Gasteiger partial charge in [-0.1, -0.05) is 59.3 Å².